The summed E-state index contributed by atoms with van der Waals surface area (Å²) in [6, 6.07) is 5.61. The lowest BCUT2D eigenvalue weighted by molar-refractivity contribution is 0.0450. The van der Waals surface area contributed by atoms with Gasteiger partial charge in [-0.1, -0.05) is 22.0 Å². The topological polar surface area (TPSA) is 26.7 Å². The van der Waals surface area contributed by atoms with E-state index in [1.54, 1.807) is 0 Å². The summed E-state index contributed by atoms with van der Waals surface area (Å²) >= 11 is 3.27. The molecule has 0 radical (unpaired) electrons. The number of benzene rings is 1. The van der Waals surface area contributed by atoms with E-state index >= 15 is 0 Å². The van der Waals surface area contributed by atoms with Gasteiger partial charge in [-0.15, -0.1) is 0 Å². The lowest BCUT2D eigenvalue weighted by Gasteiger charge is -2.40. The van der Waals surface area contributed by atoms with Crippen molar-refractivity contribution in [2.24, 2.45) is 5.92 Å². The number of nitrogens with zero attached hydrogens (tertiary/aromatic N) is 2. The van der Waals surface area contributed by atoms with Crippen LogP contribution in [0.3, 0.4) is 0 Å². The van der Waals surface area contributed by atoms with Crippen LogP contribution in [-0.2, 0) is 6.54 Å². The molecule has 1 aliphatic heterocycles. The molecule has 0 aromatic heterocycles. The molecular formula is C15H22BrFN2O. The Kier molecular flexibility index (Phi) is 5.55. The maximum absolute atomic E-state index is 13.9. The van der Waals surface area contributed by atoms with Crippen molar-refractivity contribution < 1.29 is 9.50 Å². The number of likely N-dealkylation sites (tertiary alicyclic amines) is 1. The molecule has 0 bridgehead atoms. The Morgan fingerprint density at radius 1 is 1.45 bits per heavy atom. The van der Waals surface area contributed by atoms with Gasteiger partial charge in [-0.2, -0.15) is 0 Å². The van der Waals surface area contributed by atoms with Crippen molar-refractivity contribution in [2.75, 3.05) is 33.8 Å². The minimum Gasteiger partial charge on any atom is -0.396 e. The highest BCUT2D eigenvalue weighted by Gasteiger charge is 2.30. The van der Waals surface area contributed by atoms with E-state index in [9.17, 15) is 9.50 Å². The Hall–Kier alpha value is -0.490. The van der Waals surface area contributed by atoms with Crippen LogP contribution < -0.4 is 0 Å². The van der Waals surface area contributed by atoms with Crippen molar-refractivity contribution >= 4 is 15.9 Å². The first-order chi connectivity index (χ1) is 9.51. The number of aliphatic hydroxyl groups excluding tert-OH is 1. The Morgan fingerprint density at radius 2 is 2.20 bits per heavy atom. The van der Waals surface area contributed by atoms with E-state index < -0.39 is 0 Å². The number of piperidine rings is 1. The molecule has 0 spiro atoms. The maximum atomic E-state index is 13.9. The molecule has 2 rings (SSSR count). The van der Waals surface area contributed by atoms with Crippen molar-refractivity contribution in [3.05, 3.63) is 34.1 Å². The van der Waals surface area contributed by atoms with Crippen LogP contribution in [-0.4, -0.2) is 54.7 Å². The summed E-state index contributed by atoms with van der Waals surface area (Å²) in [7, 11) is 4.11. The lowest BCUT2D eigenvalue weighted by atomic mass is 9.91. The van der Waals surface area contributed by atoms with Crippen LogP contribution in [0.4, 0.5) is 4.39 Å². The number of hydrogen-bond acceptors (Lipinski definition) is 3. The fourth-order valence-corrected chi connectivity index (χ4v) is 3.32. The molecule has 0 amide bonds. The normalized spacial score (nSPS) is 24.3. The van der Waals surface area contributed by atoms with Crippen LogP contribution in [0, 0.1) is 11.7 Å². The first-order valence-electron chi connectivity index (χ1n) is 6.95. The quantitative estimate of drug-likeness (QED) is 0.908. The zero-order chi connectivity index (χ0) is 14.7. The molecule has 1 N–H and O–H groups in total. The molecule has 2 atom stereocenters. The molecule has 2 unspecified atom stereocenters. The number of rotatable bonds is 4. The average Bonchev–Trinajstić information content (AvgIpc) is 2.41. The third kappa shape index (κ3) is 3.79. The van der Waals surface area contributed by atoms with E-state index in [-0.39, 0.29) is 18.3 Å². The summed E-state index contributed by atoms with van der Waals surface area (Å²) in [5.74, 6) is 0.0620. The van der Waals surface area contributed by atoms with Crippen LogP contribution >= 0.6 is 15.9 Å². The smallest absolute Gasteiger partial charge is 0.128 e. The van der Waals surface area contributed by atoms with Crippen molar-refractivity contribution in [3.63, 3.8) is 0 Å². The predicted molar refractivity (Wildman–Crippen MR) is 82.0 cm³/mol. The van der Waals surface area contributed by atoms with E-state index in [1.165, 1.54) is 6.07 Å². The molecule has 0 aliphatic carbocycles. The molecule has 1 aromatic carbocycles. The SMILES string of the molecule is CN(C)C1CCN(Cc2ccc(Br)cc2F)CC1CO. The van der Waals surface area contributed by atoms with Gasteiger partial charge in [0.1, 0.15) is 5.82 Å². The van der Waals surface area contributed by atoms with E-state index in [0.717, 1.165) is 24.0 Å². The molecule has 0 saturated carbocycles. The van der Waals surface area contributed by atoms with Gasteiger partial charge in [0.15, 0.2) is 0 Å². The Morgan fingerprint density at radius 3 is 2.80 bits per heavy atom. The van der Waals surface area contributed by atoms with Gasteiger partial charge < -0.3 is 10.0 Å². The second kappa shape index (κ2) is 6.98. The molecule has 1 heterocycles. The summed E-state index contributed by atoms with van der Waals surface area (Å²) in [6.45, 7) is 2.54. The number of hydrogen-bond donors (Lipinski definition) is 1. The molecule has 1 fully saturated rings. The molecule has 1 aliphatic rings. The fourth-order valence-electron chi connectivity index (χ4n) is 2.99. The highest BCUT2D eigenvalue weighted by atomic mass is 79.9. The molecule has 112 valence electrons. The molecule has 20 heavy (non-hydrogen) atoms. The second-order valence-electron chi connectivity index (χ2n) is 5.73. The van der Waals surface area contributed by atoms with Crippen molar-refractivity contribution in [1.82, 2.24) is 9.80 Å². The Bertz CT molecular complexity index is 455. The molecular weight excluding hydrogens is 323 g/mol. The first kappa shape index (κ1) is 15.9. The lowest BCUT2D eigenvalue weighted by Crippen LogP contribution is -2.49. The van der Waals surface area contributed by atoms with Crippen molar-refractivity contribution in [1.29, 1.82) is 0 Å². The maximum Gasteiger partial charge on any atom is 0.128 e. The third-order valence-corrected chi connectivity index (χ3v) is 4.58. The predicted octanol–water partition coefficient (Wildman–Crippen LogP) is 2.33. The summed E-state index contributed by atoms with van der Waals surface area (Å²) in [5.41, 5.74) is 0.716. The minimum atomic E-state index is -0.172. The summed E-state index contributed by atoms with van der Waals surface area (Å²) in [5, 5.41) is 9.55. The van der Waals surface area contributed by atoms with E-state index in [2.05, 4.69) is 39.8 Å². The standard InChI is InChI=1S/C15H22BrFN2O/c1-18(2)15-5-6-19(9-12(15)10-20)8-11-3-4-13(16)7-14(11)17/h3-4,7,12,15,20H,5-6,8-10H2,1-2H3. The van der Waals surface area contributed by atoms with Crippen LogP contribution in [0.1, 0.15) is 12.0 Å². The molecule has 1 saturated heterocycles. The summed E-state index contributed by atoms with van der Waals surface area (Å²) in [4.78, 5) is 4.41. The molecule has 1 aromatic rings. The van der Waals surface area contributed by atoms with Gasteiger partial charge >= 0.3 is 0 Å². The Balaban J connectivity index is 2.01. The Labute approximate surface area is 128 Å². The van der Waals surface area contributed by atoms with Crippen LogP contribution in [0.15, 0.2) is 22.7 Å². The highest BCUT2D eigenvalue weighted by molar-refractivity contribution is 9.10. The summed E-state index contributed by atoms with van der Waals surface area (Å²) in [6.07, 6.45) is 1.01. The van der Waals surface area contributed by atoms with Gasteiger partial charge in [0.25, 0.3) is 0 Å². The fraction of sp³-hybridized carbons (Fsp3) is 0.600. The number of aliphatic hydroxyl groups is 1. The monoisotopic (exact) mass is 344 g/mol. The zero-order valence-corrected chi connectivity index (χ0v) is 13.6. The van der Waals surface area contributed by atoms with Gasteiger partial charge in [0.2, 0.25) is 0 Å². The highest BCUT2D eigenvalue weighted by Crippen LogP contribution is 2.23. The summed E-state index contributed by atoms with van der Waals surface area (Å²) < 4.78 is 14.6. The van der Waals surface area contributed by atoms with Crippen LogP contribution in [0.2, 0.25) is 0 Å². The first-order valence-corrected chi connectivity index (χ1v) is 7.74. The van der Waals surface area contributed by atoms with Gasteiger partial charge in [-0.25, -0.2) is 4.39 Å². The van der Waals surface area contributed by atoms with E-state index in [0.29, 0.717) is 18.2 Å². The molecule has 3 nitrogen and oxygen atoms in total. The largest absolute Gasteiger partial charge is 0.396 e. The van der Waals surface area contributed by atoms with Gasteiger partial charge in [0.05, 0.1) is 0 Å². The van der Waals surface area contributed by atoms with Crippen molar-refractivity contribution in [2.45, 2.75) is 19.0 Å². The van der Waals surface area contributed by atoms with E-state index in [4.69, 9.17) is 0 Å². The van der Waals surface area contributed by atoms with Crippen molar-refractivity contribution in [3.8, 4) is 0 Å². The van der Waals surface area contributed by atoms with Gasteiger partial charge in [0, 0.05) is 48.2 Å². The second-order valence-corrected chi connectivity index (χ2v) is 6.65. The minimum absolute atomic E-state index is 0.172. The van der Waals surface area contributed by atoms with Gasteiger partial charge in [-0.05, 0) is 32.6 Å². The zero-order valence-electron chi connectivity index (χ0n) is 12.0. The van der Waals surface area contributed by atoms with Crippen LogP contribution in [0.5, 0.6) is 0 Å². The molecule has 5 heteroatoms. The van der Waals surface area contributed by atoms with E-state index in [1.807, 2.05) is 12.1 Å². The third-order valence-electron chi connectivity index (χ3n) is 4.08. The number of halogens is 2. The van der Waals surface area contributed by atoms with Crippen LogP contribution in [0.25, 0.3) is 0 Å². The average molecular weight is 345 g/mol. The van der Waals surface area contributed by atoms with Gasteiger partial charge in [-0.3, -0.25) is 4.90 Å².